The number of nitrogens with two attached hydrogens (primary N) is 1. The molecule has 0 saturated carbocycles. The summed E-state index contributed by atoms with van der Waals surface area (Å²) in [6.45, 7) is 0.591. The average Bonchev–Trinajstić information content (AvgIpc) is 2.38. The van der Waals surface area contributed by atoms with Crippen molar-refractivity contribution in [1.82, 2.24) is 10.0 Å². The zero-order valence-electron chi connectivity index (χ0n) is 11.0. The number of amides is 1. The van der Waals surface area contributed by atoms with Gasteiger partial charge in [0.2, 0.25) is 15.9 Å². The molecular weight excluding hydrogens is 302 g/mol. The molecule has 0 aromatic heterocycles. The van der Waals surface area contributed by atoms with Crippen molar-refractivity contribution in [3.05, 3.63) is 35.9 Å². The largest absolute Gasteiger partial charge is 0.355 e. The van der Waals surface area contributed by atoms with Crippen LogP contribution in [-0.2, 0) is 21.4 Å². The van der Waals surface area contributed by atoms with Crippen molar-refractivity contribution in [3.63, 3.8) is 0 Å². The van der Waals surface area contributed by atoms with Gasteiger partial charge in [-0.15, -0.1) is 12.4 Å². The maximum absolute atomic E-state index is 11.7. The molecule has 0 unspecified atom stereocenters. The predicted octanol–water partition coefficient (Wildman–Crippen LogP) is -0.00720. The number of carbonyl (C=O) groups is 1. The van der Waals surface area contributed by atoms with Crippen molar-refractivity contribution in [1.29, 1.82) is 0 Å². The predicted molar refractivity (Wildman–Crippen MR) is 81.0 cm³/mol. The lowest BCUT2D eigenvalue weighted by Crippen LogP contribution is -2.34. The van der Waals surface area contributed by atoms with Crippen LogP contribution in [0.1, 0.15) is 12.0 Å². The molecule has 8 heteroatoms. The molecule has 0 spiro atoms. The quantitative estimate of drug-likeness (QED) is 0.627. The van der Waals surface area contributed by atoms with Crippen molar-refractivity contribution in [2.24, 2.45) is 5.73 Å². The number of hydrogen-bond donors (Lipinski definition) is 3. The number of nitrogens with one attached hydrogen (secondary N) is 2. The second kappa shape index (κ2) is 9.71. The topological polar surface area (TPSA) is 101 Å². The SMILES string of the molecule is Cl.NCCC(=O)NCCS(=O)(=O)NCc1ccccc1. The molecule has 0 atom stereocenters. The highest BCUT2D eigenvalue weighted by molar-refractivity contribution is 7.89. The summed E-state index contributed by atoms with van der Waals surface area (Å²) in [6.07, 6.45) is 0.206. The molecule has 114 valence electrons. The van der Waals surface area contributed by atoms with Gasteiger partial charge >= 0.3 is 0 Å². The Morgan fingerprint density at radius 1 is 1.20 bits per heavy atom. The molecule has 0 heterocycles. The van der Waals surface area contributed by atoms with Gasteiger partial charge < -0.3 is 11.1 Å². The Balaban J connectivity index is 0.00000361. The van der Waals surface area contributed by atoms with Gasteiger partial charge in [-0.05, 0) is 5.56 Å². The Kier molecular flexibility index (Phi) is 9.15. The lowest BCUT2D eigenvalue weighted by atomic mass is 10.2. The molecule has 0 aliphatic rings. The molecule has 4 N–H and O–H groups in total. The van der Waals surface area contributed by atoms with Crippen LogP contribution in [0.5, 0.6) is 0 Å². The molecular formula is C12H20ClN3O3S. The van der Waals surface area contributed by atoms with E-state index in [0.29, 0.717) is 0 Å². The fraction of sp³-hybridized carbons (Fsp3) is 0.417. The van der Waals surface area contributed by atoms with Crippen LogP contribution in [0.25, 0.3) is 0 Å². The maximum atomic E-state index is 11.7. The second-order valence-electron chi connectivity index (χ2n) is 4.01. The van der Waals surface area contributed by atoms with Gasteiger partial charge in [0, 0.05) is 26.1 Å². The Morgan fingerprint density at radius 2 is 1.85 bits per heavy atom. The molecule has 20 heavy (non-hydrogen) atoms. The van der Waals surface area contributed by atoms with Gasteiger partial charge in [0.1, 0.15) is 0 Å². The van der Waals surface area contributed by atoms with Gasteiger partial charge in [0.25, 0.3) is 0 Å². The molecule has 1 rings (SSSR count). The van der Waals surface area contributed by atoms with E-state index < -0.39 is 10.0 Å². The van der Waals surface area contributed by atoms with E-state index in [1.807, 2.05) is 30.3 Å². The van der Waals surface area contributed by atoms with Gasteiger partial charge in [-0.25, -0.2) is 13.1 Å². The van der Waals surface area contributed by atoms with Crippen molar-refractivity contribution in [3.8, 4) is 0 Å². The van der Waals surface area contributed by atoms with Crippen LogP contribution >= 0.6 is 12.4 Å². The van der Waals surface area contributed by atoms with Crippen molar-refractivity contribution >= 4 is 28.3 Å². The number of hydrogen-bond acceptors (Lipinski definition) is 4. The number of benzene rings is 1. The third kappa shape index (κ3) is 8.11. The van der Waals surface area contributed by atoms with Gasteiger partial charge in [0.05, 0.1) is 5.75 Å². The molecule has 0 saturated heterocycles. The van der Waals surface area contributed by atoms with Gasteiger partial charge in [-0.1, -0.05) is 30.3 Å². The van der Waals surface area contributed by atoms with Crippen LogP contribution in [0.2, 0.25) is 0 Å². The average molecular weight is 322 g/mol. The van der Waals surface area contributed by atoms with E-state index in [9.17, 15) is 13.2 Å². The minimum absolute atomic E-state index is 0. The van der Waals surface area contributed by atoms with E-state index in [-0.39, 0.29) is 50.1 Å². The third-order valence-corrected chi connectivity index (χ3v) is 3.73. The molecule has 1 aromatic rings. The summed E-state index contributed by atoms with van der Waals surface area (Å²) in [6, 6.07) is 9.23. The number of sulfonamides is 1. The molecule has 0 radical (unpaired) electrons. The number of rotatable bonds is 8. The van der Waals surface area contributed by atoms with Crippen molar-refractivity contribution in [2.75, 3.05) is 18.8 Å². The molecule has 0 aliphatic heterocycles. The summed E-state index contributed by atoms with van der Waals surface area (Å²) in [5.74, 6) is -0.378. The van der Waals surface area contributed by atoms with Crippen LogP contribution in [0.15, 0.2) is 30.3 Å². The minimum atomic E-state index is -3.39. The van der Waals surface area contributed by atoms with Crippen LogP contribution < -0.4 is 15.8 Å². The Labute approximate surface area is 125 Å². The molecule has 0 aliphatic carbocycles. The van der Waals surface area contributed by atoms with E-state index in [2.05, 4.69) is 10.0 Å². The van der Waals surface area contributed by atoms with Crippen LogP contribution in [0.3, 0.4) is 0 Å². The minimum Gasteiger partial charge on any atom is -0.355 e. The standard InChI is InChI=1S/C12H19N3O3S.ClH/c13-7-6-12(16)14-8-9-19(17,18)15-10-11-4-2-1-3-5-11;/h1-5,15H,6-10,13H2,(H,14,16);1H. The van der Waals surface area contributed by atoms with Crippen molar-refractivity contribution < 1.29 is 13.2 Å². The van der Waals surface area contributed by atoms with E-state index in [1.54, 1.807) is 0 Å². The van der Waals surface area contributed by atoms with Gasteiger partial charge in [0.15, 0.2) is 0 Å². The summed E-state index contributed by atoms with van der Waals surface area (Å²) in [5, 5.41) is 2.50. The van der Waals surface area contributed by atoms with E-state index in [1.165, 1.54) is 0 Å². The molecule has 0 bridgehead atoms. The lowest BCUT2D eigenvalue weighted by Gasteiger charge is -2.07. The second-order valence-corrected chi connectivity index (χ2v) is 5.94. The summed E-state index contributed by atoms with van der Waals surface area (Å²) in [5.41, 5.74) is 6.09. The number of halogens is 1. The van der Waals surface area contributed by atoms with Crippen molar-refractivity contribution in [2.45, 2.75) is 13.0 Å². The fourth-order valence-corrected chi connectivity index (χ4v) is 2.31. The third-order valence-electron chi connectivity index (χ3n) is 2.40. The van der Waals surface area contributed by atoms with E-state index in [4.69, 9.17) is 5.73 Å². The summed E-state index contributed by atoms with van der Waals surface area (Å²) in [4.78, 5) is 11.1. The highest BCUT2D eigenvalue weighted by Gasteiger charge is 2.10. The Hall–Kier alpha value is -1.15. The monoisotopic (exact) mass is 321 g/mol. The van der Waals surface area contributed by atoms with Crippen LogP contribution in [0, 0.1) is 0 Å². The first-order valence-corrected chi connectivity index (χ1v) is 7.67. The lowest BCUT2D eigenvalue weighted by molar-refractivity contribution is -0.120. The normalized spacial score (nSPS) is 10.7. The van der Waals surface area contributed by atoms with E-state index >= 15 is 0 Å². The first-order chi connectivity index (χ1) is 9.03. The zero-order valence-corrected chi connectivity index (χ0v) is 12.7. The highest BCUT2D eigenvalue weighted by atomic mass is 35.5. The van der Waals surface area contributed by atoms with Gasteiger partial charge in [-0.2, -0.15) is 0 Å². The van der Waals surface area contributed by atoms with Gasteiger partial charge in [-0.3, -0.25) is 4.79 Å². The maximum Gasteiger partial charge on any atom is 0.221 e. The molecule has 1 aromatic carbocycles. The Bertz CT molecular complexity index is 494. The molecule has 1 amide bonds. The molecule has 6 nitrogen and oxygen atoms in total. The highest BCUT2D eigenvalue weighted by Crippen LogP contribution is 1.98. The van der Waals surface area contributed by atoms with Crippen LogP contribution in [-0.4, -0.2) is 33.2 Å². The zero-order chi connectivity index (χ0) is 14.1. The first kappa shape index (κ1) is 18.9. The summed E-state index contributed by atoms with van der Waals surface area (Å²) >= 11 is 0. The number of carbonyl (C=O) groups excluding carboxylic acids is 1. The smallest absolute Gasteiger partial charge is 0.221 e. The van der Waals surface area contributed by atoms with E-state index in [0.717, 1.165) is 5.56 Å². The summed E-state index contributed by atoms with van der Waals surface area (Å²) < 4.78 is 25.8. The first-order valence-electron chi connectivity index (χ1n) is 6.01. The fourth-order valence-electron chi connectivity index (χ4n) is 1.41. The van der Waals surface area contributed by atoms with Crippen LogP contribution in [0.4, 0.5) is 0 Å². The Morgan fingerprint density at radius 3 is 2.45 bits per heavy atom. The molecule has 0 fully saturated rings. The summed E-state index contributed by atoms with van der Waals surface area (Å²) in [7, 11) is -3.39.